The van der Waals surface area contributed by atoms with Gasteiger partial charge in [-0.3, -0.25) is 9.59 Å². The molecule has 1 aliphatic rings. The average molecular weight is 312 g/mol. The number of carbonyl (C=O) groups excluding carboxylic acids is 2. The van der Waals surface area contributed by atoms with Crippen LogP contribution in [-0.4, -0.2) is 32.0 Å². The summed E-state index contributed by atoms with van der Waals surface area (Å²) in [4.78, 5) is 25.0. The summed E-state index contributed by atoms with van der Waals surface area (Å²) in [5, 5.41) is 5.73. The van der Waals surface area contributed by atoms with Crippen molar-refractivity contribution in [3.63, 3.8) is 0 Å². The van der Waals surface area contributed by atoms with Gasteiger partial charge in [0.25, 0.3) is 0 Å². The van der Waals surface area contributed by atoms with E-state index < -0.39 is 0 Å². The Hall–Kier alpha value is -1.59. The predicted molar refractivity (Wildman–Crippen MR) is 85.8 cm³/mol. The Morgan fingerprint density at radius 3 is 2.52 bits per heavy atom. The third kappa shape index (κ3) is 4.44. The number of hydrogen-bond donors (Lipinski definition) is 2. The number of nitrogens with one attached hydrogen (secondary N) is 2. The fraction of sp³-hybridized carbons (Fsp3) is 0.467. The molecule has 0 saturated carbocycles. The van der Waals surface area contributed by atoms with Crippen molar-refractivity contribution in [1.82, 2.24) is 10.6 Å². The van der Waals surface area contributed by atoms with Crippen LogP contribution in [0.2, 0.25) is 0 Å². The highest BCUT2D eigenvalue weighted by atomic mass is 35.5. The van der Waals surface area contributed by atoms with E-state index in [0.717, 1.165) is 24.2 Å². The van der Waals surface area contributed by atoms with E-state index in [4.69, 9.17) is 0 Å². The quantitative estimate of drug-likeness (QED) is 0.869. The van der Waals surface area contributed by atoms with Crippen LogP contribution < -0.4 is 15.5 Å². The Kier molecular flexibility index (Phi) is 6.65. The Morgan fingerprint density at radius 2 is 2.00 bits per heavy atom. The summed E-state index contributed by atoms with van der Waals surface area (Å²) >= 11 is 0. The molecule has 2 N–H and O–H groups in total. The monoisotopic (exact) mass is 311 g/mol. The molecule has 5 nitrogen and oxygen atoms in total. The molecule has 1 atom stereocenters. The normalized spacial score (nSPS) is 15.5. The summed E-state index contributed by atoms with van der Waals surface area (Å²) in [7, 11) is 1.74. The van der Waals surface area contributed by atoms with Gasteiger partial charge >= 0.3 is 0 Å². The minimum atomic E-state index is -0.0424. The minimum Gasteiger partial charge on any atom is -0.348 e. The lowest BCUT2D eigenvalue weighted by Crippen LogP contribution is -2.33. The summed E-state index contributed by atoms with van der Waals surface area (Å²) in [6.45, 7) is 3.06. The van der Waals surface area contributed by atoms with Crippen LogP contribution in [0.5, 0.6) is 0 Å². The van der Waals surface area contributed by atoms with Crippen molar-refractivity contribution >= 4 is 29.9 Å². The highest BCUT2D eigenvalue weighted by Gasteiger charge is 2.21. The molecule has 1 aliphatic heterocycles. The first-order chi connectivity index (χ1) is 9.61. The lowest BCUT2D eigenvalue weighted by molar-refractivity contribution is -0.120. The maximum atomic E-state index is 11.7. The molecule has 6 heteroatoms. The molecule has 116 valence electrons. The van der Waals surface area contributed by atoms with Crippen LogP contribution in [0.1, 0.15) is 31.4 Å². The molecule has 0 radical (unpaired) electrons. The molecule has 0 aromatic heterocycles. The number of rotatable bonds is 5. The van der Waals surface area contributed by atoms with Crippen molar-refractivity contribution in [3.05, 3.63) is 29.8 Å². The lowest BCUT2D eigenvalue weighted by Gasteiger charge is -2.18. The van der Waals surface area contributed by atoms with Gasteiger partial charge in [0, 0.05) is 18.7 Å². The number of benzene rings is 1. The first kappa shape index (κ1) is 17.5. The fourth-order valence-electron chi connectivity index (χ4n) is 2.40. The number of anilines is 1. The van der Waals surface area contributed by atoms with Crippen LogP contribution in [-0.2, 0) is 9.59 Å². The van der Waals surface area contributed by atoms with Gasteiger partial charge in [-0.1, -0.05) is 12.1 Å². The zero-order valence-electron chi connectivity index (χ0n) is 12.4. The highest BCUT2D eigenvalue weighted by Crippen LogP contribution is 2.23. The Labute approximate surface area is 131 Å². The van der Waals surface area contributed by atoms with Gasteiger partial charge in [0.1, 0.15) is 0 Å². The van der Waals surface area contributed by atoms with Crippen LogP contribution >= 0.6 is 12.4 Å². The molecular formula is C15H22ClN3O2. The van der Waals surface area contributed by atoms with Crippen molar-refractivity contribution in [2.24, 2.45) is 0 Å². The average Bonchev–Trinajstić information content (AvgIpc) is 2.85. The molecule has 1 aromatic carbocycles. The molecule has 1 saturated heterocycles. The van der Waals surface area contributed by atoms with E-state index in [9.17, 15) is 9.59 Å². The maximum absolute atomic E-state index is 11.7. The van der Waals surface area contributed by atoms with E-state index in [1.165, 1.54) is 0 Å². The number of amides is 2. The first-order valence-electron chi connectivity index (χ1n) is 6.96. The molecule has 1 aromatic rings. The van der Waals surface area contributed by atoms with E-state index in [0.29, 0.717) is 13.0 Å². The zero-order valence-corrected chi connectivity index (χ0v) is 13.2. The smallest absolute Gasteiger partial charge is 0.234 e. The summed E-state index contributed by atoms with van der Waals surface area (Å²) in [5.41, 5.74) is 1.97. The summed E-state index contributed by atoms with van der Waals surface area (Å²) in [6.07, 6.45) is 1.56. The summed E-state index contributed by atoms with van der Waals surface area (Å²) < 4.78 is 0. The van der Waals surface area contributed by atoms with Crippen LogP contribution in [0.4, 0.5) is 5.69 Å². The highest BCUT2D eigenvalue weighted by molar-refractivity contribution is 5.95. The standard InChI is InChI=1S/C15H21N3O2.ClH/c1-11(17-14(19)10-16-2)12-5-7-13(8-6-12)18-9-3-4-15(18)20;/h5-8,11,16H,3-4,9-10H2,1-2H3,(H,17,19);1H. The molecule has 1 unspecified atom stereocenters. The summed E-state index contributed by atoms with van der Waals surface area (Å²) in [5.74, 6) is 0.159. The van der Waals surface area contributed by atoms with E-state index in [1.807, 2.05) is 36.1 Å². The third-order valence-corrected chi connectivity index (χ3v) is 3.49. The number of nitrogens with zero attached hydrogens (tertiary/aromatic N) is 1. The lowest BCUT2D eigenvalue weighted by atomic mass is 10.1. The molecule has 0 spiro atoms. The largest absolute Gasteiger partial charge is 0.348 e. The number of hydrogen-bond acceptors (Lipinski definition) is 3. The molecule has 2 amide bonds. The zero-order chi connectivity index (χ0) is 14.5. The molecule has 1 fully saturated rings. The van der Waals surface area contributed by atoms with Crippen LogP contribution in [0.3, 0.4) is 0 Å². The number of halogens is 1. The molecule has 0 bridgehead atoms. The van der Waals surface area contributed by atoms with Crippen molar-refractivity contribution in [3.8, 4) is 0 Å². The SMILES string of the molecule is CNCC(=O)NC(C)c1ccc(N2CCCC2=O)cc1.Cl. The molecule has 2 rings (SSSR count). The van der Waals surface area contributed by atoms with Crippen molar-refractivity contribution < 1.29 is 9.59 Å². The number of likely N-dealkylation sites (N-methyl/N-ethyl adjacent to an activating group) is 1. The van der Waals surface area contributed by atoms with E-state index >= 15 is 0 Å². The second kappa shape index (κ2) is 8.00. The minimum absolute atomic E-state index is 0. The first-order valence-corrected chi connectivity index (χ1v) is 6.96. The van der Waals surface area contributed by atoms with Crippen molar-refractivity contribution in [2.45, 2.75) is 25.8 Å². The van der Waals surface area contributed by atoms with Crippen LogP contribution in [0.25, 0.3) is 0 Å². The van der Waals surface area contributed by atoms with Gasteiger partial charge in [-0.15, -0.1) is 12.4 Å². The van der Waals surface area contributed by atoms with Crippen LogP contribution in [0, 0.1) is 0 Å². The van der Waals surface area contributed by atoms with E-state index in [1.54, 1.807) is 7.05 Å². The predicted octanol–water partition coefficient (Wildman–Crippen LogP) is 1.63. The second-order valence-electron chi connectivity index (χ2n) is 5.06. The van der Waals surface area contributed by atoms with Gasteiger partial charge in [-0.25, -0.2) is 0 Å². The van der Waals surface area contributed by atoms with Crippen LogP contribution in [0.15, 0.2) is 24.3 Å². The number of carbonyl (C=O) groups is 2. The Bertz CT molecular complexity index is 490. The van der Waals surface area contributed by atoms with Crippen molar-refractivity contribution in [1.29, 1.82) is 0 Å². The van der Waals surface area contributed by atoms with Gasteiger partial charge < -0.3 is 15.5 Å². The molecule has 1 heterocycles. The van der Waals surface area contributed by atoms with E-state index in [-0.39, 0.29) is 30.3 Å². The van der Waals surface area contributed by atoms with Gasteiger partial charge in [0.2, 0.25) is 11.8 Å². The fourth-order valence-corrected chi connectivity index (χ4v) is 2.40. The molecule has 0 aliphatic carbocycles. The van der Waals surface area contributed by atoms with Gasteiger partial charge in [0.15, 0.2) is 0 Å². The summed E-state index contributed by atoms with van der Waals surface area (Å²) in [6, 6.07) is 7.77. The van der Waals surface area contributed by atoms with Gasteiger partial charge in [-0.2, -0.15) is 0 Å². The van der Waals surface area contributed by atoms with Gasteiger partial charge in [-0.05, 0) is 38.1 Å². The molecule has 21 heavy (non-hydrogen) atoms. The third-order valence-electron chi connectivity index (χ3n) is 3.49. The topological polar surface area (TPSA) is 61.4 Å². The van der Waals surface area contributed by atoms with E-state index in [2.05, 4.69) is 10.6 Å². The Balaban J connectivity index is 0.00000220. The molecular weight excluding hydrogens is 290 g/mol. The maximum Gasteiger partial charge on any atom is 0.234 e. The van der Waals surface area contributed by atoms with Gasteiger partial charge in [0.05, 0.1) is 12.6 Å². The second-order valence-corrected chi connectivity index (χ2v) is 5.06. The van der Waals surface area contributed by atoms with Crippen molar-refractivity contribution in [2.75, 3.05) is 25.0 Å². The Morgan fingerprint density at radius 1 is 1.33 bits per heavy atom.